The molecule has 0 amide bonds. The molecule has 0 saturated heterocycles. The Balaban J connectivity index is 2.90. The van der Waals surface area contributed by atoms with E-state index in [0.717, 1.165) is 0 Å². The van der Waals surface area contributed by atoms with Crippen molar-refractivity contribution in [3.8, 4) is 0 Å². The van der Waals surface area contributed by atoms with E-state index >= 15 is 0 Å². The van der Waals surface area contributed by atoms with Crippen LogP contribution in [0.4, 0.5) is 0 Å². The fourth-order valence-electron chi connectivity index (χ4n) is 1.47. The van der Waals surface area contributed by atoms with Crippen molar-refractivity contribution in [3.05, 3.63) is 39.9 Å². The molecule has 0 aliphatic heterocycles. The number of aryl methyl sites for hydroxylation is 1. The van der Waals surface area contributed by atoms with E-state index in [4.69, 9.17) is 5.11 Å². The van der Waals surface area contributed by atoms with Crippen LogP contribution in [0.1, 0.15) is 16.2 Å². The van der Waals surface area contributed by atoms with Crippen LogP contribution in [-0.2, 0) is 0 Å². The highest BCUT2D eigenvalue weighted by Crippen LogP contribution is 2.09. The number of fused-ring (bicyclic) bond motifs is 1. The highest BCUT2D eigenvalue weighted by molar-refractivity contribution is 5.88. The summed E-state index contributed by atoms with van der Waals surface area (Å²) in [7, 11) is 0. The number of aromatic carboxylic acids is 1. The molecule has 14 heavy (non-hydrogen) atoms. The second-order valence-electron chi connectivity index (χ2n) is 3.02. The lowest BCUT2D eigenvalue weighted by Gasteiger charge is -1.95. The number of carboxylic acid groups (broad SMARTS) is 1. The van der Waals surface area contributed by atoms with Crippen LogP contribution in [0, 0.1) is 6.92 Å². The van der Waals surface area contributed by atoms with Crippen LogP contribution in [0.2, 0.25) is 0 Å². The molecule has 0 unspecified atom stereocenters. The van der Waals surface area contributed by atoms with E-state index in [9.17, 15) is 9.59 Å². The molecular formula is C9H8N2O3. The Kier molecular flexibility index (Phi) is 1.67. The molecule has 5 nitrogen and oxygen atoms in total. The first kappa shape index (κ1) is 8.55. The number of carbonyl (C=O) groups is 1. The number of H-pyrrole nitrogens is 1. The van der Waals surface area contributed by atoms with Crippen LogP contribution in [0.3, 0.4) is 0 Å². The molecule has 2 N–H and O–H groups in total. The average molecular weight is 192 g/mol. The largest absolute Gasteiger partial charge is 0.477 e. The number of nitrogens with one attached hydrogen (secondary N) is 1. The molecule has 0 aliphatic rings. The summed E-state index contributed by atoms with van der Waals surface area (Å²) < 4.78 is 1.44. The first-order valence-electron chi connectivity index (χ1n) is 4.04. The van der Waals surface area contributed by atoms with Gasteiger partial charge >= 0.3 is 5.97 Å². The fraction of sp³-hybridized carbons (Fsp3) is 0.111. The fourth-order valence-corrected chi connectivity index (χ4v) is 1.47. The van der Waals surface area contributed by atoms with Crippen molar-refractivity contribution in [2.45, 2.75) is 6.92 Å². The van der Waals surface area contributed by atoms with E-state index in [-0.39, 0.29) is 11.1 Å². The molecule has 0 bridgehead atoms. The van der Waals surface area contributed by atoms with Gasteiger partial charge in [0.1, 0.15) is 5.65 Å². The topological polar surface area (TPSA) is 74.6 Å². The Bertz CT molecular complexity index is 565. The van der Waals surface area contributed by atoms with Gasteiger partial charge in [0.25, 0.3) is 0 Å². The van der Waals surface area contributed by atoms with Gasteiger partial charge in [0.05, 0.1) is 0 Å². The molecule has 2 aromatic rings. The first-order chi connectivity index (χ1) is 6.59. The van der Waals surface area contributed by atoms with Crippen molar-refractivity contribution in [1.82, 2.24) is 9.38 Å². The van der Waals surface area contributed by atoms with Crippen LogP contribution in [0.25, 0.3) is 5.65 Å². The zero-order valence-electron chi connectivity index (χ0n) is 7.44. The van der Waals surface area contributed by atoms with E-state index in [2.05, 4.69) is 4.98 Å². The molecular weight excluding hydrogens is 184 g/mol. The van der Waals surface area contributed by atoms with Crippen LogP contribution in [0.15, 0.2) is 23.1 Å². The highest BCUT2D eigenvalue weighted by Gasteiger charge is 2.13. The maximum Gasteiger partial charge on any atom is 0.354 e. The SMILES string of the molecule is Cc1[nH]c2cc(=O)ccn2c1C(=O)O. The lowest BCUT2D eigenvalue weighted by atomic mass is 10.3. The third-order valence-corrected chi connectivity index (χ3v) is 2.04. The number of nitrogens with zero attached hydrogens (tertiary/aromatic N) is 1. The van der Waals surface area contributed by atoms with Gasteiger partial charge in [0.15, 0.2) is 11.1 Å². The maximum absolute atomic E-state index is 11.0. The van der Waals surface area contributed by atoms with Crippen LogP contribution in [-0.4, -0.2) is 20.5 Å². The molecule has 2 heterocycles. The Labute approximate surface area is 78.6 Å². The summed E-state index contributed by atoms with van der Waals surface area (Å²) in [5.41, 5.74) is 1.03. The predicted molar refractivity (Wildman–Crippen MR) is 49.7 cm³/mol. The van der Waals surface area contributed by atoms with Crippen LogP contribution >= 0.6 is 0 Å². The van der Waals surface area contributed by atoms with E-state index < -0.39 is 5.97 Å². The molecule has 2 aromatic heterocycles. The lowest BCUT2D eigenvalue weighted by molar-refractivity contribution is 0.0688. The highest BCUT2D eigenvalue weighted by atomic mass is 16.4. The molecule has 0 aromatic carbocycles. The standard InChI is InChI=1S/C9H8N2O3/c1-5-8(9(13)14)11-3-2-6(12)4-7(11)10-5/h2-4,10H,1H3,(H,13,14). The second kappa shape index (κ2) is 2.73. The van der Waals surface area contributed by atoms with Crippen LogP contribution in [0.5, 0.6) is 0 Å². The summed E-state index contributed by atoms with van der Waals surface area (Å²) in [5.74, 6) is -1.02. The first-order valence-corrected chi connectivity index (χ1v) is 4.04. The number of aromatic nitrogens is 2. The minimum atomic E-state index is -1.02. The van der Waals surface area contributed by atoms with Gasteiger partial charge in [-0.25, -0.2) is 4.79 Å². The third kappa shape index (κ3) is 1.10. The predicted octanol–water partition coefficient (Wildman–Crippen LogP) is 0.634. The molecule has 0 atom stereocenters. The zero-order valence-corrected chi connectivity index (χ0v) is 7.44. The van der Waals surface area contributed by atoms with Gasteiger partial charge in [0.2, 0.25) is 0 Å². The quantitative estimate of drug-likeness (QED) is 0.696. The Morgan fingerprint density at radius 1 is 1.57 bits per heavy atom. The molecule has 5 heteroatoms. The zero-order chi connectivity index (χ0) is 10.3. The Hall–Kier alpha value is -2.04. The van der Waals surface area contributed by atoms with E-state index in [1.165, 1.54) is 22.7 Å². The third-order valence-electron chi connectivity index (χ3n) is 2.04. The molecule has 2 rings (SSSR count). The lowest BCUT2D eigenvalue weighted by Crippen LogP contribution is -2.05. The summed E-state index contributed by atoms with van der Waals surface area (Å²) in [6.45, 7) is 1.65. The second-order valence-corrected chi connectivity index (χ2v) is 3.02. The van der Waals surface area contributed by atoms with Gasteiger partial charge in [-0.1, -0.05) is 0 Å². The van der Waals surface area contributed by atoms with E-state index in [1.807, 2.05) is 0 Å². The number of carboxylic acids is 1. The van der Waals surface area contributed by atoms with E-state index in [1.54, 1.807) is 6.92 Å². The van der Waals surface area contributed by atoms with Gasteiger partial charge in [0, 0.05) is 24.0 Å². The van der Waals surface area contributed by atoms with Gasteiger partial charge in [-0.05, 0) is 6.92 Å². The molecule has 72 valence electrons. The van der Waals surface area contributed by atoms with Gasteiger partial charge in [-0.3, -0.25) is 9.20 Å². The molecule has 0 radical (unpaired) electrons. The summed E-state index contributed by atoms with van der Waals surface area (Å²) in [5, 5.41) is 8.90. The Morgan fingerprint density at radius 2 is 2.29 bits per heavy atom. The Morgan fingerprint density at radius 3 is 2.93 bits per heavy atom. The van der Waals surface area contributed by atoms with E-state index in [0.29, 0.717) is 11.3 Å². The molecule has 0 fully saturated rings. The number of rotatable bonds is 1. The van der Waals surface area contributed by atoms with Crippen molar-refractivity contribution in [2.24, 2.45) is 0 Å². The van der Waals surface area contributed by atoms with Crippen molar-refractivity contribution < 1.29 is 9.90 Å². The minimum absolute atomic E-state index is 0.150. The van der Waals surface area contributed by atoms with Gasteiger partial charge in [-0.15, -0.1) is 0 Å². The average Bonchev–Trinajstić information content (AvgIpc) is 2.39. The molecule has 0 saturated carbocycles. The summed E-state index contributed by atoms with van der Waals surface area (Å²) in [4.78, 5) is 24.7. The van der Waals surface area contributed by atoms with Crippen LogP contribution < -0.4 is 5.43 Å². The normalized spacial score (nSPS) is 10.6. The number of imidazole rings is 1. The van der Waals surface area contributed by atoms with Gasteiger partial charge in [-0.2, -0.15) is 0 Å². The molecule has 0 aliphatic carbocycles. The number of pyridine rings is 1. The maximum atomic E-state index is 11.0. The van der Waals surface area contributed by atoms with Crippen molar-refractivity contribution in [2.75, 3.05) is 0 Å². The summed E-state index contributed by atoms with van der Waals surface area (Å²) in [6, 6.07) is 2.69. The smallest absolute Gasteiger partial charge is 0.354 e. The number of aromatic amines is 1. The van der Waals surface area contributed by atoms with Gasteiger partial charge < -0.3 is 10.1 Å². The van der Waals surface area contributed by atoms with Crippen molar-refractivity contribution in [1.29, 1.82) is 0 Å². The number of hydrogen-bond donors (Lipinski definition) is 2. The number of hydrogen-bond acceptors (Lipinski definition) is 2. The monoisotopic (exact) mass is 192 g/mol. The minimum Gasteiger partial charge on any atom is -0.477 e. The molecule has 0 spiro atoms. The van der Waals surface area contributed by atoms with Crippen molar-refractivity contribution >= 4 is 11.6 Å². The van der Waals surface area contributed by atoms with Crippen molar-refractivity contribution in [3.63, 3.8) is 0 Å². The summed E-state index contributed by atoms with van der Waals surface area (Å²) in [6.07, 6.45) is 1.45. The summed E-state index contributed by atoms with van der Waals surface area (Å²) >= 11 is 0.